The zero-order valence-corrected chi connectivity index (χ0v) is 7.15. The van der Waals surface area contributed by atoms with Crippen LogP contribution in [0.15, 0.2) is 17.8 Å². The van der Waals surface area contributed by atoms with Gasteiger partial charge in [-0.3, -0.25) is 4.40 Å². The Kier molecular flexibility index (Phi) is 1.40. The van der Waals surface area contributed by atoms with Crippen LogP contribution >= 0.6 is 23.6 Å². The summed E-state index contributed by atoms with van der Waals surface area (Å²) in [6.45, 7) is 0. The molecule has 0 atom stereocenters. The fourth-order valence-corrected chi connectivity index (χ4v) is 1.77. The molecule has 0 aliphatic rings. The Balaban J connectivity index is 2.78. The summed E-state index contributed by atoms with van der Waals surface area (Å²) in [5.74, 6) is 0.663. The highest BCUT2D eigenvalue weighted by molar-refractivity contribution is 7.80. The highest BCUT2D eigenvalue weighted by Crippen LogP contribution is 2.12. The number of imidazole rings is 1. The summed E-state index contributed by atoms with van der Waals surface area (Å²) in [5.41, 5.74) is 5.44. The summed E-state index contributed by atoms with van der Waals surface area (Å²) in [7, 11) is 0. The van der Waals surface area contributed by atoms with E-state index in [4.69, 9.17) is 18.0 Å². The first-order chi connectivity index (χ1) is 5.29. The van der Waals surface area contributed by atoms with E-state index in [9.17, 15) is 0 Å². The first kappa shape index (κ1) is 6.75. The SMILES string of the molecule is NC(=S)c1ncc2sccn12. The quantitative estimate of drug-likeness (QED) is 0.671. The minimum Gasteiger partial charge on any atom is -0.387 e. The number of hydrogen-bond donors (Lipinski definition) is 1. The molecule has 2 heterocycles. The third-order valence-corrected chi connectivity index (χ3v) is 2.37. The number of rotatable bonds is 1. The maximum Gasteiger partial charge on any atom is 0.172 e. The van der Waals surface area contributed by atoms with Crippen LogP contribution in [0.1, 0.15) is 5.82 Å². The summed E-state index contributed by atoms with van der Waals surface area (Å²) in [6.07, 6.45) is 3.67. The van der Waals surface area contributed by atoms with Crippen molar-refractivity contribution in [1.82, 2.24) is 9.38 Å². The lowest BCUT2D eigenvalue weighted by atomic mass is 10.6. The predicted octanol–water partition coefficient (Wildman–Crippen LogP) is 1.03. The maximum atomic E-state index is 5.44. The normalized spacial score (nSPS) is 10.5. The lowest BCUT2D eigenvalue weighted by Crippen LogP contribution is -2.12. The molecule has 2 N–H and O–H groups in total. The molecule has 2 aromatic heterocycles. The van der Waals surface area contributed by atoms with Crippen LogP contribution in [0, 0.1) is 0 Å². The molecule has 2 rings (SSSR count). The number of aromatic nitrogens is 2. The summed E-state index contributed by atoms with van der Waals surface area (Å²) in [5, 5.41) is 1.97. The molecule has 0 aromatic carbocycles. The van der Waals surface area contributed by atoms with Crippen LogP contribution in [0.3, 0.4) is 0 Å². The van der Waals surface area contributed by atoms with Crippen molar-refractivity contribution in [3.8, 4) is 0 Å². The van der Waals surface area contributed by atoms with Gasteiger partial charge in [-0.25, -0.2) is 4.98 Å². The molecule has 0 radical (unpaired) electrons. The minimum absolute atomic E-state index is 0.336. The van der Waals surface area contributed by atoms with E-state index in [0.717, 1.165) is 4.83 Å². The highest BCUT2D eigenvalue weighted by atomic mass is 32.1. The fraction of sp³-hybridized carbons (Fsp3) is 0. The molecule has 0 bridgehead atoms. The average molecular weight is 183 g/mol. The lowest BCUT2D eigenvalue weighted by molar-refractivity contribution is 1.14. The van der Waals surface area contributed by atoms with Crippen molar-refractivity contribution in [1.29, 1.82) is 0 Å². The van der Waals surface area contributed by atoms with Gasteiger partial charge in [-0.1, -0.05) is 12.2 Å². The van der Waals surface area contributed by atoms with Gasteiger partial charge in [0.25, 0.3) is 0 Å². The Bertz CT molecular complexity index is 401. The molecule has 5 heteroatoms. The Morgan fingerprint density at radius 2 is 2.55 bits per heavy atom. The summed E-state index contributed by atoms with van der Waals surface area (Å²) < 4.78 is 1.88. The van der Waals surface area contributed by atoms with Crippen molar-refractivity contribution < 1.29 is 0 Å². The zero-order valence-electron chi connectivity index (χ0n) is 5.52. The van der Waals surface area contributed by atoms with Crippen LogP contribution in [0.2, 0.25) is 0 Å². The molecule has 0 saturated carbocycles. The van der Waals surface area contributed by atoms with Gasteiger partial charge < -0.3 is 5.73 Å². The van der Waals surface area contributed by atoms with Gasteiger partial charge in [0.2, 0.25) is 0 Å². The second-order valence-electron chi connectivity index (χ2n) is 2.06. The standard InChI is InChI=1S/C6H5N3S2/c7-5(10)6-8-3-4-9(6)1-2-11-4/h1-3H,(H2,7,10). The zero-order chi connectivity index (χ0) is 7.84. The van der Waals surface area contributed by atoms with E-state index in [1.54, 1.807) is 17.5 Å². The molecular formula is C6H5N3S2. The van der Waals surface area contributed by atoms with E-state index >= 15 is 0 Å². The smallest absolute Gasteiger partial charge is 0.172 e. The third-order valence-electron chi connectivity index (χ3n) is 1.38. The minimum atomic E-state index is 0.336. The summed E-state index contributed by atoms with van der Waals surface area (Å²) in [6, 6.07) is 0. The van der Waals surface area contributed by atoms with E-state index in [1.165, 1.54) is 0 Å². The largest absolute Gasteiger partial charge is 0.387 e. The van der Waals surface area contributed by atoms with Gasteiger partial charge >= 0.3 is 0 Å². The molecule has 2 aromatic rings. The van der Waals surface area contributed by atoms with Gasteiger partial charge in [-0.2, -0.15) is 0 Å². The first-order valence-electron chi connectivity index (χ1n) is 2.99. The maximum absolute atomic E-state index is 5.44. The van der Waals surface area contributed by atoms with E-state index in [2.05, 4.69) is 4.98 Å². The molecule has 0 aliphatic heterocycles. The summed E-state index contributed by atoms with van der Waals surface area (Å²) >= 11 is 6.42. The van der Waals surface area contributed by atoms with Gasteiger partial charge in [-0.05, 0) is 0 Å². The van der Waals surface area contributed by atoms with Crippen molar-refractivity contribution in [2.45, 2.75) is 0 Å². The number of thiazole rings is 1. The number of thiocarbonyl (C=S) groups is 1. The van der Waals surface area contributed by atoms with Crippen LogP contribution < -0.4 is 5.73 Å². The molecule has 3 nitrogen and oxygen atoms in total. The number of hydrogen-bond acceptors (Lipinski definition) is 3. The molecule has 0 spiro atoms. The Morgan fingerprint density at radius 1 is 1.73 bits per heavy atom. The molecule has 0 amide bonds. The molecule has 56 valence electrons. The van der Waals surface area contributed by atoms with Crippen LogP contribution in [0.4, 0.5) is 0 Å². The van der Waals surface area contributed by atoms with Crippen molar-refractivity contribution >= 4 is 33.4 Å². The Hall–Kier alpha value is -0.940. The summed E-state index contributed by atoms with van der Waals surface area (Å²) in [4.78, 5) is 5.46. The predicted molar refractivity (Wildman–Crippen MR) is 49.0 cm³/mol. The molecular weight excluding hydrogens is 178 g/mol. The van der Waals surface area contributed by atoms with E-state index < -0.39 is 0 Å². The van der Waals surface area contributed by atoms with E-state index in [0.29, 0.717) is 10.8 Å². The van der Waals surface area contributed by atoms with Crippen LogP contribution in [0.5, 0.6) is 0 Å². The van der Waals surface area contributed by atoms with Gasteiger partial charge in [0, 0.05) is 11.6 Å². The van der Waals surface area contributed by atoms with Crippen LogP contribution in [-0.4, -0.2) is 14.4 Å². The Labute approximate surface area is 72.5 Å². The Morgan fingerprint density at radius 3 is 3.27 bits per heavy atom. The van der Waals surface area contributed by atoms with Crippen molar-refractivity contribution in [3.05, 3.63) is 23.6 Å². The van der Waals surface area contributed by atoms with Gasteiger partial charge in [0.1, 0.15) is 9.82 Å². The second-order valence-corrected chi connectivity index (χ2v) is 3.42. The number of nitrogens with zero attached hydrogens (tertiary/aromatic N) is 2. The molecule has 0 fully saturated rings. The molecule has 0 saturated heterocycles. The van der Waals surface area contributed by atoms with Crippen molar-refractivity contribution in [2.24, 2.45) is 5.73 Å². The van der Waals surface area contributed by atoms with Crippen molar-refractivity contribution in [2.75, 3.05) is 0 Å². The van der Waals surface area contributed by atoms with E-state index in [-0.39, 0.29) is 0 Å². The first-order valence-corrected chi connectivity index (χ1v) is 4.28. The second kappa shape index (κ2) is 2.28. The molecule has 0 unspecified atom stereocenters. The van der Waals surface area contributed by atoms with Gasteiger partial charge in [0.15, 0.2) is 5.82 Å². The average Bonchev–Trinajstić information content (AvgIpc) is 2.41. The number of nitrogens with two attached hydrogens (primary N) is 1. The highest BCUT2D eigenvalue weighted by Gasteiger charge is 2.04. The fourth-order valence-electron chi connectivity index (χ4n) is 0.920. The molecule has 11 heavy (non-hydrogen) atoms. The van der Waals surface area contributed by atoms with Crippen LogP contribution in [-0.2, 0) is 0 Å². The molecule has 0 aliphatic carbocycles. The lowest BCUT2D eigenvalue weighted by Gasteiger charge is -1.91. The van der Waals surface area contributed by atoms with Gasteiger partial charge in [-0.15, -0.1) is 11.3 Å². The third kappa shape index (κ3) is 0.928. The number of fused-ring (bicyclic) bond motifs is 1. The topological polar surface area (TPSA) is 43.3 Å². The van der Waals surface area contributed by atoms with Crippen LogP contribution in [0.25, 0.3) is 4.83 Å². The van der Waals surface area contributed by atoms with E-state index in [1.807, 2.05) is 16.0 Å². The monoisotopic (exact) mass is 183 g/mol. The van der Waals surface area contributed by atoms with Crippen molar-refractivity contribution in [3.63, 3.8) is 0 Å². The van der Waals surface area contributed by atoms with Gasteiger partial charge in [0.05, 0.1) is 6.20 Å².